The molecule has 1 aromatic heterocycles. The van der Waals surface area contributed by atoms with Crippen LogP contribution in [0.15, 0.2) is 16.9 Å². The van der Waals surface area contributed by atoms with Crippen molar-refractivity contribution in [2.75, 3.05) is 12.4 Å². The van der Waals surface area contributed by atoms with Crippen molar-refractivity contribution in [3.8, 4) is 0 Å². The topological polar surface area (TPSA) is 76.4 Å². The highest BCUT2D eigenvalue weighted by Crippen LogP contribution is 2.51. The van der Waals surface area contributed by atoms with Crippen LogP contribution < -0.4 is 10.6 Å². The lowest BCUT2D eigenvalue weighted by Gasteiger charge is -2.58. The number of anilines is 1. The molecule has 0 radical (unpaired) electrons. The van der Waals surface area contributed by atoms with Crippen LogP contribution in [-0.4, -0.2) is 29.9 Å². The number of nitrogens with one attached hydrogen (secondary N) is 2. The SMILES string of the molecule is COC1(C)CC(NC(=O)Nc2ccon2)C1(C)C. The molecule has 2 unspecified atom stereocenters. The van der Waals surface area contributed by atoms with Crippen molar-refractivity contribution in [2.24, 2.45) is 5.41 Å². The fourth-order valence-electron chi connectivity index (χ4n) is 2.31. The van der Waals surface area contributed by atoms with Gasteiger partial charge in [-0.2, -0.15) is 0 Å². The van der Waals surface area contributed by atoms with Crippen molar-refractivity contribution in [3.05, 3.63) is 12.3 Å². The second-order valence-corrected chi connectivity index (χ2v) is 5.40. The molecule has 0 spiro atoms. The highest BCUT2D eigenvalue weighted by atomic mass is 16.5. The Morgan fingerprint density at radius 1 is 1.56 bits per heavy atom. The third kappa shape index (κ3) is 1.96. The standard InChI is InChI=1S/C12H19N3O3/c1-11(2)8(7-12(11,3)17-4)13-10(16)14-9-5-6-18-15-9/h5-6,8H,7H2,1-4H3,(H2,13,14,15,16). The Kier molecular flexibility index (Phi) is 3.06. The van der Waals surface area contributed by atoms with Gasteiger partial charge in [-0.3, -0.25) is 5.32 Å². The fraction of sp³-hybridized carbons (Fsp3) is 0.667. The third-order valence-electron chi connectivity index (χ3n) is 4.26. The highest BCUT2D eigenvalue weighted by Gasteiger charge is 2.58. The van der Waals surface area contributed by atoms with Gasteiger partial charge in [0.15, 0.2) is 5.82 Å². The zero-order valence-electron chi connectivity index (χ0n) is 11.1. The minimum atomic E-state index is -0.278. The molecule has 6 nitrogen and oxygen atoms in total. The number of carbonyl (C=O) groups excluding carboxylic acids is 1. The summed E-state index contributed by atoms with van der Waals surface area (Å²) in [7, 11) is 1.70. The second-order valence-electron chi connectivity index (χ2n) is 5.40. The van der Waals surface area contributed by atoms with Gasteiger partial charge in [0.2, 0.25) is 0 Å². The summed E-state index contributed by atoms with van der Waals surface area (Å²) in [4.78, 5) is 11.8. The van der Waals surface area contributed by atoms with Gasteiger partial charge < -0.3 is 14.6 Å². The Balaban J connectivity index is 1.90. The van der Waals surface area contributed by atoms with E-state index >= 15 is 0 Å². The van der Waals surface area contributed by atoms with Crippen LogP contribution >= 0.6 is 0 Å². The first-order chi connectivity index (χ1) is 8.39. The minimum absolute atomic E-state index is 0.0781. The summed E-state index contributed by atoms with van der Waals surface area (Å²) in [6, 6.07) is 1.39. The molecular weight excluding hydrogens is 234 g/mol. The number of hydrogen-bond acceptors (Lipinski definition) is 4. The van der Waals surface area contributed by atoms with Gasteiger partial charge in [0.25, 0.3) is 0 Å². The van der Waals surface area contributed by atoms with Crippen molar-refractivity contribution in [1.29, 1.82) is 0 Å². The molecule has 18 heavy (non-hydrogen) atoms. The Hall–Kier alpha value is -1.56. The number of nitrogens with zero attached hydrogens (tertiary/aromatic N) is 1. The molecule has 0 aliphatic heterocycles. The Morgan fingerprint density at radius 3 is 2.78 bits per heavy atom. The summed E-state index contributed by atoms with van der Waals surface area (Å²) >= 11 is 0. The van der Waals surface area contributed by atoms with Gasteiger partial charge in [-0.15, -0.1) is 0 Å². The Bertz CT molecular complexity index is 430. The number of rotatable bonds is 3. The molecule has 2 atom stereocenters. The van der Waals surface area contributed by atoms with E-state index in [0.29, 0.717) is 5.82 Å². The van der Waals surface area contributed by atoms with Gasteiger partial charge in [0.05, 0.1) is 5.60 Å². The predicted octanol–water partition coefficient (Wildman–Crippen LogP) is 2.00. The molecule has 1 saturated carbocycles. The van der Waals surface area contributed by atoms with E-state index in [1.165, 1.54) is 6.26 Å². The van der Waals surface area contributed by atoms with Crippen LogP contribution in [0, 0.1) is 5.41 Å². The molecule has 2 N–H and O–H groups in total. The van der Waals surface area contributed by atoms with Gasteiger partial charge in [-0.1, -0.05) is 19.0 Å². The molecule has 1 fully saturated rings. The number of carbonyl (C=O) groups is 1. The van der Waals surface area contributed by atoms with E-state index in [1.807, 2.05) is 0 Å². The summed E-state index contributed by atoms with van der Waals surface area (Å²) in [5.41, 5.74) is -0.304. The number of methoxy groups -OCH3 is 1. The second kappa shape index (κ2) is 4.28. The Labute approximate surface area is 106 Å². The van der Waals surface area contributed by atoms with Gasteiger partial charge in [0, 0.05) is 24.6 Å². The van der Waals surface area contributed by atoms with Crippen LogP contribution in [-0.2, 0) is 4.74 Å². The van der Waals surface area contributed by atoms with E-state index < -0.39 is 0 Å². The van der Waals surface area contributed by atoms with E-state index in [-0.39, 0.29) is 23.1 Å². The van der Waals surface area contributed by atoms with Crippen LogP contribution in [0.1, 0.15) is 27.2 Å². The zero-order valence-corrected chi connectivity index (χ0v) is 11.1. The molecule has 2 rings (SSSR count). The average Bonchev–Trinajstić information content (AvgIpc) is 2.80. The van der Waals surface area contributed by atoms with Crippen LogP contribution in [0.2, 0.25) is 0 Å². The summed E-state index contributed by atoms with van der Waals surface area (Å²) in [5, 5.41) is 9.15. The first-order valence-electron chi connectivity index (χ1n) is 5.92. The van der Waals surface area contributed by atoms with Crippen molar-refractivity contribution < 1.29 is 14.1 Å². The number of amides is 2. The lowest BCUT2D eigenvalue weighted by Crippen LogP contribution is -2.68. The summed E-state index contributed by atoms with van der Waals surface area (Å²) < 4.78 is 10.1. The first kappa shape index (κ1) is 12.9. The molecule has 1 aliphatic rings. The van der Waals surface area contributed by atoms with Crippen molar-refractivity contribution in [1.82, 2.24) is 10.5 Å². The first-order valence-corrected chi connectivity index (χ1v) is 5.92. The molecule has 1 heterocycles. The van der Waals surface area contributed by atoms with Crippen LogP contribution in [0.5, 0.6) is 0 Å². The maximum Gasteiger partial charge on any atom is 0.320 e. The van der Waals surface area contributed by atoms with Gasteiger partial charge >= 0.3 is 6.03 Å². The normalized spacial score (nSPS) is 29.4. The minimum Gasteiger partial charge on any atom is -0.378 e. The summed E-state index contributed by atoms with van der Waals surface area (Å²) in [6.07, 6.45) is 2.20. The van der Waals surface area contributed by atoms with Gasteiger partial charge in [0.1, 0.15) is 6.26 Å². The maximum atomic E-state index is 11.8. The van der Waals surface area contributed by atoms with E-state index in [0.717, 1.165) is 6.42 Å². The molecule has 6 heteroatoms. The molecule has 1 aliphatic carbocycles. The zero-order chi connectivity index (χ0) is 13.4. The van der Waals surface area contributed by atoms with E-state index in [1.54, 1.807) is 13.2 Å². The molecule has 0 bridgehead atoms. The quantitative estimate of drug-likeness (QED) is 0.863. The molecule has 0 aromatic carbocycles. The number of aromatic nitrogens is 1. The van der Waals surface area contributed by atoms with Crippen LogP contribution in [0.25, 0.3) is 0 Å². The van der Waals surface area contributed by atoms with E-state index in [4.69, 9.17) is 4.74 Å². The third-order valence-corrected chi connectivity index (χ3v) is 4.26. The van der Waals surface area contributed by atoms with Crippen molar-refractivity contribution in [2.45, 2.75) is 38.8 Å². The number of hydrogen-bond donors (Lipinski definition) is 2. The molecular formula is C12H19N3O3. The predicted molar refractivity (Wildman–Crippen MR) is 66.3 cm³/mol. The van der Waals surface area contributed by atoms with Crippen LogP contribution in [0.3, 0.4) is 0 Å². The lowest BCUT2D eigenvalue weighted by molar-refractivity contribution is -0.177. The molecule has 0 saturated heterocycles. The highest BCUT2D eigenvalue weighted by molar-refractivity contribution is 5.88. The molecule has 100 valence electrons. The van der Waals surface area contributed by atoms with Crippen molar-refractivity contribution >= 4 is 11.8 Å². The monoisotopic (exact) mass is 253 g/mol. The fourth-order valence-corrected chi connectivity index (χ4v) is 2.31. The number of urea groups is 1. The number of ether oxygens (including phenoxy) is 1. The molecule has 2 amide bonds. The average molecular weight is 253 g/mol. The van der Waals surface area contributed by atoms with Gasteiger partial charge in [-0.25, -0.2) is 4.79 Å². The smallest absolute Gasteiger partial charge is 0.320 e. The van der Waals surface area contributed by atoms with E-state index in [9.17, 15) is 4.79 Å². The lowest BCUT2D eigenvalue weighted by atomic mass is 9.56. The summed E-state index contributed by atoms with van der Waals surface area (Å²) in [5.74, 6) is 0.402. The Morgan fingerprint density at radius 2 is 2.28 bits per heavy atom. The largest absolute Gasteiger partial charge is 0.378 e. The van der Waals surface area contributed by atoms with Crippen LogP contribution in [0.4, 0.5) is 10.6 Å². The van der Waals surface area contributed by atoms with E-state index in [2.05, 4.69) is 41.1 Å². The molecule has 1 aromatic rings. The summed E-state index contributed by atoms with van der Waals surface area (Å²) in [6.45, 7) is 6.23. The maximum absolute atomic E-state index is 11.8. The van der Waals surface area contributed by atoms with Crippen molar-refractivity contribution in [3.63, 3.8) is 0 Å². The van der Waals surface area contributed by atoms with Gasteiger partial charge in [-0.05, 0) is 13.3 Å².